The summed E-state index contributed by atoms with van der Waals surface area (Å²) in [4.78, 5) is 37.5. The van der Waals surface area contributed by atoms with Gasteiger partial charge in [-0.3, -0.25) is 9.20 Å². The number of nitrogens with one attached hydrogen (secondary N) is 3. The monoisotopic (exact) mass is 618 g/mol. The maximum Gasteiger partial charge on any atom is 0.573 e. The van der Waals surface area contributed by atoms with Crippen LogP contribution >= 0.6 is 0 Å². The van der Waals surface area contributed by atoms with Crippen molar-refractivity contribution in [1.29, 1.82) is 0 Å². The van der Waals surface area contributed by atoms with Gasteiger partial charge in [-0.1, -0.05) is 42.0 Å². The lowest BCUT2D eigenvalue weighted by Crippen LogP contribution is -2.42. The summed E-state index contributed by atoms with van der Waals surface area (Å²) in [6.07, 6.45) is -3.19. The van der Waals surface area contributed by atoms with Crippen molar-refractivity contribution in [3.8, 4) is 17.1 Å². The average Bonchev–Trinajstić information content (AvgIpc) is 3.43. The van der Waals surface area contributed by atoms with E-state index in [1.165, 1.54) is 24.3 Å². The van der Waals surface area contributed by atoms with E-state index >= 15 is 0 Å². The molecular weight excluding hydrogens is 593 g/mol. The van der Waals surface area contributed by atoms with Crippen molar-refractivity contribution in [2.75, 3.05) is 10.6 Å². The standard InChI is InChI=1S/C31H25F3N6O5/c1-18-8-10-19(11-9-18)17-24(29(42)43)36-28(41)22-5-4-16-40-26(38-39-27(22)40)20-12-14-21(15-13-20)35-30(44)37-23-6-2-3-7-25(23)45-31(32,33)34/h2-16,24H,17H2,1H3,(H,36,41)(H,42,43)(H2,35,37,44)/t24-/m0/s1. The maximum atomic E-state index is 13.2. The first-order chi connectivity index (χ1) is 21.5. The molecule has 1 atom stereocenters. The number of alkyl halides is 3. The Kier molecular flexibility index (Phi) is 8.65. The van der Waals surface area contributed by atoms with Gasteiger partial charge in [0, 0.05) is 23.9 Å². The Labute approximate surface area is 253 Å². The topological polar surface area (TPSA) is 147 Å². The predicted molar refractivity (Wildman–Crippen MR) is 158 cm³/mol. The van der Waals surface area contributed by atoms with E-state index in [4.69, 9.17) is 0 Å². The number of aromatic nitrogens is 3. The number of fused-ring (bicyclic) bond motifs is 1. The molecule has 0 radical (unpaired) electrons. The van der Waals surface area contributed by atoms with Crippen LogP contribution in [0.3, 0.4) is 0 Å². The first kappa shape index (κ1) is 30.5. The molecule has 0 bridgehead atoms. The molecule has 3 aromatic carbocycles. The number of ether oxygens (including phenoxy) is 1. The van der Waals surface area contributed by atoms with Crippen LogP contribution in [0.2, 0.25) is 0 Å². The van der Waals surface area contributed by atoms with Crippen molar-refractivity contribution in [3.63, 3.8) is 0 Å². The number of aryl methyl sites for hydroxylation is 1. The van der Waals surface area contributed by atoms with Gasteiger partial charge in [-0.05, 0) is 61.0 Å². The van der Waals surface area contributed by atoms with Crippen LogP contribution in [0.1, 0.15) is 21.5 Å². The van der Waals surface area contributed by atoms with Crippen LogP contribution in [0.25, 0.3) is 17.0 Å². The highest BCUT2D eigenvalue weighted by molar-refractivity contribution is 6.02. The first-order valence-corrected chi connectivity index (χ1v) is 13.4. The Hall–Kier alpha value is -5.92. The van der Waals surface area contributed by atoms with Gasteiger partial charge in [0.1, 0.15) is 6.04 Å². The number of carboxylic acid groups (broad SMARTS) is 1. The molecule has 0 spiro atoms. The van der Waals surface area contributed by atoms with E-state index in [0.717, 1.165) is 17.2 Å². The van der Waals surface area contributed by atoms with E-state index in [1.54, 1.807) is 40.9 Å². The van der Waals surface area contributed by atoms with E-state index < -0.39 is 36.1 Å². The summed E-state index contributed by atoms with van der Waals surface area (Å²) in [6, 6.07) is 20.0. The first-order valence-electron chi connectivity index (χ1n) is 13.4. The zero-order valence-electron chi connectivity index (χ0n) is 23.5. The van der Waals surface area contributed by atoms with Crippen molar-refractivity contribution in [3.05, 3.63) is 108 Å². The minimum Gasteiger partial charge on any atom is -0.480 e. The van der Waals surface area contributed by atoms with Crippen molar-refractivity contribution in [1.82, 2.24) is 19.9 Å². The number of aliphatic carboxylic acids is 1. The highest BCUT2D eigenvalue weighted by Gasteiger charge is 2.32. The van der Waals surface area contributed by atoms with Gasteiger partial charge in [-0.25, -0.2) is 9.59 Å². The summed E-state index contributed by atoms with van der Waals surface area (Å²) in [7, 11) is 0. The number of halogens is 3. The van der Waals surface area contributed by atoms with Gasteiger partial charge in [0.15, 0.2) is 17.2 Å². The van der Waals surface area contributed by atoms with E-state index in [9.17, 15) is 32.7 Å². The molecule has 45 heavy (non-hydrogen) atoms. The second-order valence-corrected chi connectivity index (χ2v) is 9.89. The van der Waals surface area contributed by atoms with Crippen LogP contribution in [0.4, 0.5) is 29.3 Å². The molecule has 5 rings (SSSR count). The maximum absolute atomic E-state index is 13.2. The smallest absolute Gasteiger partial charge is 0.480 e. The molecule has 0 saturated heterocycles. The van der Waals surface area contributed by atoms with Gasteiger partial charge in [0.25, 0.3) is 5.91 Å². The number of amides is 3. The normalized spacial score (nSPS) is 11.9. The fraction of sp³-hybridized carbons (Fsp3) is 0.129. The number of carbonyl (C=O) groups excluding carboxylic acids is 2. The SMILES string of the molecule is Cc1ccc(C[C@H](NC(=O)c2cccn3c(-c4ccc(NC(=O)Nc5ccccc5OC(F)(F)F)cc4)nnc23)C(=O)O)cc1. The number of pyridine rings is 1. The number of carboxylic acids is 1. The van der Waals surface area contributed by atoms with Crippen LogP contribution in [-0.2, 0) is 11.2 Å². The van der Waals surface area contributed by atoms with E-state index in [2.05, 4.69) is 30.9 Å². The summed E-state index contributed by atoms with van der Waals surface area (Å²) in [5, 5.41) is 25.5. The number of urea groups is 1. The molecule has 14 heteroatoms. The Balaban J connectivity index is 1.28. The summed E-state index contributed by atoms with van der Waals surface area (Å²) in [5.41, 5.74) is 2.82. The van der Waals surface area contributed by atoms with Crippen LogP contribution in [0.5, 0.6) is 5.75 Å². The Morgan fingerprint density at radius 1 is 0.911 bits per heavy atom. The molecule has 0 unspecified atom stereocenters. The molecule has 2 heterocycles. The third-order valence-electron chi connectivity index (χ3n) is 6.61. The van der Waals surface area contributed by atoms with Gasteiger partial charge in [0.2, 0.25) is 0 Å². The summed E-state index contributed by atoms with van der Waals surface area (Å²) >= 11 is 0. The quantitative estimate of drug-likeness (QED) is 0.166. The number of para-hydroxylation sites is 2. The van der Waals surface area contributed by atoms with Gasteiger partial charge >= 0.3 is 18.4 Å². The molecule has 0 aliphatic rings. The van der Waals surface area contributed by atoms with Gasteiger partial charge in [-0.2, -0.15) is 0 Å². The number of rotatable bonds is 9. The molecule has 0 aliphatic heterocycles. The third kappa shape index (κ3) is 7.54. The number of carbonyl (C=O) groups is 3. The van der Waals surface area contributed by atoms with E-state index in [0.29, 0.717) is 17.1 Å². The number of anilines is 2. The van der Waals surface area contributed by atoms with Crippen molar-refractivity contribution >= 4 is 34.9 Å². The third-order valence-corrected chi connectivity index (χ3v) is 6.61. The number of benzene rings is 3. The summed E-state index contributed by atoms with van der Waals surface area (Å²) in [5.74, 6) is -2.01. The minimum atomic E-state index is -4.93. The molecule has 230 valence electrons. The molecule has 2 aromatic heterocycles. The average molecular weight is 619 g/mol. The highest BCUT2D eigenvalue weighted by Crippen LogP contribution is 2.30. The number of hydrogen-bond acceptors (Lipinski definition) is 6. The van der Waals surface area contributed by atoms with Crippen LogP contribution in [-0.4, -0.2) is 50.0 Å². The zero-order valence-corrected chi connectivity index (χ0v) is 23.5. The zero-order chi connectivity index (χ0) is 32.1. The summed E-state index contributed by atoms with van der Waals surface area (Å²) in [6.45, 7) is 1.92. The Morgan fingerprint density at radius 2 is 1.62 bits per heavy atom. The molecule has 5 aromatic rings. The van der Waals surface area contributed by atoms with Crippen molar-refractivity contribution < 1.29 is 37.4 Å². The molecule has 11 nitrogen and oxygen atoms in total. The largest absolute Gasteiger partial charge is 0.573 e. The molecular formula is C31H25F3N6O5. The molecule has 0 saturated carbocycles. The molecule has 4 N–H and O–H groups in total. The fourth-order valence-corrected chi connectivity index (χ4v) is 4.46. The highest BCUT2D eigenvalue weighted by atomic mass is 19.4. The second kappa shape index (κ2) is 12.8. The van der Waals surface area contributed by atoms with Crippen molar-refractivity contribution in [2.45, 2.75) is 25.7 Å². The van der Waals surface area contributed by atoms with Gasteiger partial charge in [0.05, 0.1) is 11.3 Å². The van der Waals surface area contributed by atoms with E-state index in [1.807, 2.05) is 31.2 Å². The van der Waals surface area contributed by atoms with Crippen LogP contribution < -0.4 is 20.7 Å². The lowest BCUT2D eigenvalue weighted by Gasteiger charge is -2.15. The molecule has 0 fully saturated rings. The van der Waals surface area contributed by atoms with Crippen LogP contribution in [0, 0.1) is 6.92 Å². The van der Waals surface area contributed by atoms with Gasteiger partial charge < -0.3 is 25.8 Å². The Morgan fingerprint density at radius 3 is 2.31 bits per heavy atom. The fourth-order valence-electron chi connectivity index (χ4n) is 4.46. The second-order valence-electron chi connectivity index (χ2n) is 9.89. The van der Waals surface area contributed by atoms with E-state index in [-0.39, 0.29) is 23.3 Å². The molecule has 3 amide bonds. The molecule has 0 aliphatic carbocycles. The minimum absolute atomic E-state index is 0.0919. The predicted octanol–water partition coefficient (Wildman–Crippen LogP) is 5.67. The van der Waals surface area contributed by atoms with Crippen molar-refractivity contribution in [2.24, 2.45) is 0 Å². The number of nitrogens with zero attached hydrogens (tertiary/aromatic N) is 3. The lowest BCUT2D eigenvalue weighted by molar-refractivity contribution is -0.274. The van der Waals surface area contributed by atoms with Gasteiger partial charge in [-0.15, -0.1) is 23.4 Å². The lowest BCUT2D eigenvalue weighted by atomic mass is 10.0. The number of hydrogen-bond donors (Lipinski definition) is 4. The van der Waals surface area contributed by atoms with Crippen LogP contribution in [0.15, 0.2) is 91.1 Å². The Bertz CT molecular complexity index is 1860. The summed E-state index contributed by atoms with van der Waals surface area (Å²) < 4.78 is 43.6.